The van der Waals surface area contributed by atoms with Crippen molar-refractivity contribution in [2.75, 3.05) is 12.4 Å². The van der Waals surface area contributed by atoms with Crippen molar-refractivity contribution in [1.29, 1.82) is 0 Å². The molecule has 17 heavy (non-hydrogen) atoms. The van der Waals surface area contributed by atoms with Crippen molar-refractivity contribution in [2.24, 2.45) is 0 Å². The maximum atomic E-state index is 4.44. The van der Waals surface area contributed by atoms with E-state index in [0.717, 1.165) is 26.2 Å². The molecule has 0 aromatic carbocycles. The Kier molecular flexibility index (Phi) is 3.48. The molecule has 0 aliphatic carbocycles. The molecule has 90 valence electrons. The highest BCUT2D eigenvalue weighted by Gasteiger charge is 2.14. The Hall–Kier alpha value is -0.950. The van der Waals surface area contributed by atoms with Crippen LogP contribution in [0.25, 0.3) is 5.82 Å². The zero-order chi connectivity index (χ0) is 12.6. The maximum Gasteiger partial charge on any atom is 0.224 e. The maximum absolute atomic E-state index is 4.44. The van der Waals surface area contributed by atoms with Crippen LogP contribution in [0, 0.1) is 13.8 Å². The van der Waals surface area contributed by atoms with Crippen LogP contribution in [0.1, 0.15) is 11.4 Å². The predicted molar refractivity (Wildman–Crippen MR) is 73.6 cm³/mol. The number of rotatable bonds is 2. The second-order valence-electron chi connectivity index (χ2n) is 3.51. The van der Waals surface area contributed by atoms with Gasteiger partial charge in [-0.05, 0) is 45.7 Å². The minimum absolute atomic E-state index is 0.562. The van der Waals surface area contributed by atoms with Gasteiger partial charge in [-0.15, -0.1) is 0 Å². The first-order valence-electron chi connectivity index (χ1n) is 4.97. The number of hydrogen-bond acceptors (Lipinski definition) is 4. The van der Waals surface area contributed by atoms with Crippen molar-refractivity contribution in [1.82, 2.24) is 19.7 Å². The van der Waals surface area contributed by atoms with Gasteiger partial charge in [0.25, 0.3) is 0 Å². The molecule has 7 heteroatoms. The second-order valence-corrected chi connectivity index (χ2v) is 5.16. The Labute approximate surface area is 116 Å². The zero-order valence-corrected chi connectivity index (χ0v) is 12.8. The highest BCUT2D eigenvalue weighted by Crippen LogP contribution is 2.26. The lowest BCUT2D eigenvalue weighted by Crippen LogP contribution is -2.06. The molecule has 2 aromatic rings. The first kappa shape index (κ1) is 12.5. The molecule has 2 aromatic heterocycles. The summed E-state index contributed by atoms with van der Waals surface area (Å²) in [5.41, 5.74) is 1.93. The molecule has 1 N–H and O–H groups in total. The average molecular weight is 361 g/mol. The van der Waals surface area contributed by atoms with Gasteiger partial charge in [0.2, 0.25) is 5.95 Å². The molecule has 0 spiro atoms. The van der Waals surface area contributed by atoms with Crippen molar-refractivity contribution >= 4 is 37.8 Å². The standard InChI is InChI=1S/C10H11Br2N5/c1-5-8(12)6(2)17(16-5)9-7(11)4-14-10(13-3)15-9/h4H,1-3H3,(H,13,14,15). The van der Waals surface area contributed by atoms with E-state index >= 15 is 0 Å². The Bertz CT molecular complexity index is 564. The monoisotopic (exact) mass is 359 g/mol. The predicted octanol–water partition coefficient (Wildman–Crippen LogP) is 2.85. The molecule has 0 atom stereocenters. The van der Waals surface area contributed by atoms with Gasteiger partial charge in [0.15, 0.2) is 5.82 Å². The molecule has 5 nitrogen and oxygen atoms in total. The molecular weight excluding hydrogens is 350 g/mol. The normalized spacial score (nSPS) is 10.6. The number of aryl methyl sites for hydroxylation is 1. The van der Waals surface area contributed by atoms with E-state index in [4.69, 9.17) is 0 Å². The van der Waals surface area contributed by atoms with Crippen molar-refractivity contribution in [3.63, 3.8) is 0 Å². The quantitative estimate of drug-likeness (QED) is 0.894. The molecule has 0 saturated carbocycles. The van der Waals surface area contributed by atoms with E-state index in [2.05, 4.69) is 52.2 Å². The molecule has 0 radical (unpaired) electrons. The van der Waals surface area contributed by atoms with E-state index in [-0.39, 0.29) is 0 Å². The molecule has 0 saturated heterocycles. The van der Waals surface area contributed by atoms with Gasteiger partial charge in [0.05, 0.1) is 20.3 Å². The molecule has 2 heterocycles. The smallest absolute Gasteiger partial charge is 0.224 e. The van der Waals surface area contributed by atoms with Crippen molar-refractivity contribution < 1.29 is 0 Å². The van der Waals surface area contributed by atoms with Gasteiger partial charge in [-0.1, -0.05) is 0 Å². The Balaban J connectivity index is 2.63. The molecule has 2 rings (SSSR count). The summed E-state index contributed by atoms with van der Waals surface area (Å²) in [6.07, 6.45) is 1.71. The fourth-order valence-corrected chi connectivity index (χ4v) is 2.06. The summed E-state index contributed by atoms with van der Waals surface area (Å²) in [5.74, 6) is 1.28. The summed E-state index contributed by atoms with van der Waals surface area (Å²) in [7, 11) is 1.78. The van der Waals surface area contributed by atoms with Crippen molar-refractivity contribution in [3.8, 4) is 5.82 Å². The third kappa shape index (κ3) is 2.21. The zero-order valence-electron chi connectivity index (χ0n) is 9.62. The number of halogens is 2. The van der Waals surface area contributed by atoms with E-state index < -0.39 is 0 Å². The summed E-state index contributed by atoms with van der Waals surface area (Å²) in [4.78, 5) is 8.51. The van der Waals surface area contributed by atoms with Crippen molar-refractivity contribution in [3.05, 3.63) is 26.5 Å². The van der Waals surface area contributed by atoms with Crippen molar-refractivity contribution in [2.45, 2.75) is 13.8 Å². The highest BCUT2D eigenvalue weighted by atomic mass is 79.9. The summed E-state index contributed by atoms with van der Waals surface area (Å²) < 4.78 is 3.58. The Morgan fingerprint density at radius 3 is 2.53 bits per heavy atom. The molecular formula is C10H11Br2N5. The van der Waals surface area contributed by atoms with Crippen LogP contribution in [0.5, 0.6) is 0 Å². The van der Waals surface area contributed by atoms with Gasteiger partial charge in [0.1, 0.15) is 0 Å². The average Bonchev–Trinajstić information content (AvgIpc) is 2.58. The van der Waals surface area contributed by atoms with Gasteiger partial charge in [-0.2, -0.15) is 10.1 Å². The van der Waals surface area contributed by atoms with E-state index in [1.807, 2.05) is 13.8 Å². The molecule has 0 unspecified atom stereocenters. The summed E-state index contributed by atoms with van der Waals surface area (Å²) >= 11 is 6.94. The van der Waals surface area contributed by atoms with Gasteiger partial charge in [-0.3, -0.25) is 0 Å². The van der Waals surface area contributed by atoms with Crippen LogP contribution in [-0.2, 0) is 0 Å². The van der Waals surface area contributed by atoms with Gasteiger partial charge in [-0.25, -0.2) is 9.67 Å². The van der Waals surface area contributed by atoms with E-state index in [9.17, 15) is 0 Å². The van der Waals surface area contributed by atoms with Gasteiger partial charge < -0.3 is 5.32 Å². The van der Waals surface area contributed by atoms with Crippen LogP contribution in [0.15, 0.2) is 15.1 Å². The fraction of sp³-hybridized carbons (Fsp3) is 0.300. The van der Waals surface area contributed by atoms with Crippen LogP contribution < -0.4 is 5.32 Å². The van der Waals surface area contributed by atoms with Crippen LogP contribution in [-0.4, -0.2) is 26.8 Å². The lowest BCUT2D eigenvalue weighted by Gasteiger charge is -2.07. The summed E-state index contributed by atoms with van der Waals surface area (Å²) in [5, 5.41) is 7.35. The van der Waals surface area contributed by atoms with Gasteiger partial charge in [0, 0.05) is 13.2 Å². The van der Waals surface area contributed by atoms with Crippen LogP contribution in [0.3, 0.4) is 0 Å². The molecule has 0 amide bonds. The largest absolute Gasteiger partial charge is 0.357 e. The van der Waals surface area contributed by atoms with Crippen LogP contribution in [0.4, 0.5) is 5.95 Å². The topological polar surface area (TPSA) is 55.6 Å². The van der Waals surface area contributed by atoms with Crippen LogP contribution in [0.2, 0.25) is 0 Å². The number of anilines is 1. The number of nitrogens with one attached hydrogen (secondary N) is 1. The Morgan fingerprint density at radius 1 is 1.29 bits per heavy atom. The minimum atomic E-state index is 0.562. The number of aromatic nitrogens is 4. The molecule has 0 aliphatic rings. The Morgan fingerprint density at radius 2 is 2.00 bits per heavy atom. The molecule has 0 aliphatic heterocycles. The van der Waals surface area contributed by atoms with Gasteiger partial charge >= 0.3 is 0 Å². The highest BCUT2D eigenvalue weighted by molar-refractivity contribution is 9.11. The second kappa shape index (κ2) is 4.73. The summed E-state index contributed by atoms with van der Waals surface area (Å²) in [6.45, 7) is 3.93. The lowest BCUT2D eigenvalue weighted by atomic mass is 10.4. The fourth-order valence-electron chi connectivity index (χ4n) is 1.46. The summed E-state index contributed by atoms with van der Waals surface area (Å²) in [6, 6.07) is 0. The first-order chi connectivity index (χ1) is 8.04. The lowest BCUT2D eigenvalue weighted by molar-refractivity contribution is 0.797. The SMILES string of the molecule is CNc1ncc(Br)c(-n2nc(C)c(Br)c2C)n1. The third-order valence-corrected chi connectivity index (χ3v) is 4.06. The third-order valence-electron chi connectivity index (χ3n) is 2.35. The minimum Gasteiger partial charge on any atom is -0.357 e. The van der Waals surface area contributed by atoms with E-state index in [1.54, 1.807) is 17.9 Å². The molecule has 0 bridgehead atoms. The number of nitrogens with zero attached hydrogens (tertiary/aromatic N) is 4. The molecule has 0 fully saturated rings. The first-order valence-corrected chi connectivity index (χ1v) is 6.55. The van der Waals surface area contributed by atoms with E-state index in [1.165, 1.54) is 0 Å². The number of hydrogen-bond donors (Lipinski definition) is 1. The van der Waals surface area contributed by atoms with E-state index in [0.29, 0.717) is 5.95 Å². The van der Waals surface area contributed by atoms with Crippen LogP contribution >= 0.6 is 31.9 Å².